The first kappa shape index (κ1) is 18.0. The number of aryl methyl sites for hydroxylation is 1. The molecule has 2 aromatic rings. The Balaban J connectivity index is 1.91. The van der Waals surface area contributed by atoms with Crippen molar-refractivity contribution in [2.45, 2.75) is 6.92 Å². The van der Waals surface area contributed by atoms with Crippen LogP contribution in [0.4, 0.5) is 5.69 Å². The molecule has 0 atom stereocenters. The SMILES string of the molecule is C=CCN1C(=O)C(=Cc2ccc(OC)cc2)SC1=Nc1ccc(C)cc1. The molecule has 0 saturated carbocycles. The summed E-state index contributed by atoms with van der Waals surface area (Å²) in [4.78, 5) is 19.7. The van der Waals surface area contributed by atoms with Crippen LogP contribution in [-0.4, -0.2) is 29.6 Å². The molecule has 3 rings (SSSR count). The molecule has 26 heavy (non-hydrogen) atoms. The Hall–Kier alpha value is -2.79. The van der Waals surface area contributed by atoms with Crippen molar-refractivity contribution in [3.8, 4) is 5.75 Å². The van der Waals surface area contributed by atoms with Crippen LogP contribution in [0.25, 0.3) is 6.08 Å². The van der Waals surface area contributed by atoms with Crippen LogP contribution in [0.2, 0.25) is 0 Å². The molecule has 0 bridgehead atoms. The van der Waals surface area contributed by atoms with Gasteiger partial charge in [-0.3, -0.25) is 9.69 Å². The molecule has 5 heteroatoms. The molecule has 2 aromatic carbocycles. The predicted molar refractivity (Wildman–Crippen MR) is 109 cm³/mol. The first-order valence-electron chi connectivity index (χ1n) is 8.22. The van der Waals surface area contributed by atoms with E-state index < -0.39 is 0 Å². The third kappa shape index (κ3) is 4.06. The van der Waals surface area contributed by atoms with E-state index in [1.165, 1.54) is 17.3 Å². The number of hydrogen-bond donors (Lipinski definition) is 0. The molecule has 1 fully saturated rings. The second kappa shape index (κ2) is 8.06. The second-order valence-corrected chi connectivity index (χ2v) is 6.83. The van der Waals surface area contributed by atoms with Crippen molar-refractivity contribution in [3.63, 3.8) is 0 Å². The highest BCUT2D eigenvalue weighted by atomic mass is 32.2. The minimum atomic E-state index is -0.0587. The Bertz CT molecular complexity index is 868. The van der Waals surface area contributed by atoms with Crippen molar-refractivity contribution in [2.24, 2.45) is 4.99 Å². The van der Waals surface area contributed by atoms with E-state index in [-0.39, 0.29) is 5.91 Å². The summed E-state index contributed by atoms with van der Waals surface area (Å²) in [6, 6.07) is 15.5. The van der Waals surface area contributed by atoms with Gasteiger partial charge in [0.05, 0.1) is 17.7 Å². The predicted octanol–water partition coefficient (Wildman–Crippen LogP) is 4.79. The summed E-state index contributed by atoms with van der Waals surface area (Å²) >= 11 is 1.38. The van der Waals surface area contributed by atoms with Crippen LogP contribution in [0, 0.1) is 6.92 Å². The maximum Gasteiger partial charge on any atom is 0.267 e. The zero-order valence-corrected chi connectivity index (χ0v) is 15.6. The smallest absolute Gasteiger partial charge is 0.267 e. The molecule has 0 aliphatic carbocycles. The molecule has 0 N–H and O–H groups in total. The molecular formula is C21H20N2O2S. The number of benzene rings is 2. The fourth-order valence-corrected chi connectivity index (χ4v) is 3.47. The van der Waals surface area contributed by atoms with Gasteiger partial charge in [0.2, 0.25) is 0 Å². The minimum absolute atomic E-state index is 0.0587. The number of amidine groups is 1. The molecule has 4 nitrogen and oxygen atoms in total. The number of nitrogens with zero attached hydrogens (tertiary/aromatic N) is 2. The van der Waals surface area contributed by atoms with Crippen LogP contribution in [0.5, 0.6) is 5.75 Å². The lowest BCUT2D eigenvalue weighted by molar-refractivity contribution is -0.121. The monoisotopic (exact) mass is 364 g/mol. The summed E-state index contributed by atoms with van der Waals surface area (Å²) in [7, 11) is 1.63. The van der Waals surface area contributed by atoms with E-state index in [2.05, 4.69) is 11.6 Å². The number of ether oxygens (including phenoxy) is 1. The number of aliphatic imine (C=N–C) groups is 1. The first-order chi connectivity index (χ1) is 12.6. The lowest BCUT2D eigenvalue weighted by atomic mass is 10.2. The fourth-order valence-electron chi connectivity index (χ4n) is 2.46. The van der Waals surface area contributed by atoms with Crippen LogP contribution < -0.4 is 4.74 Å². The average Bonchev–Trinajstić information content (AvgIpc) is 2.93. The molecular weight excluding hydrogens is 344 g/mol. The van der Waals surface area contributed by atoms with Crippen LogP contribution >= 0.6 is 11.8 Å². The molecule has 0 radical (unpaired) electrons. The number of carbonyl (C=O) groups excluding carboxylic acids is 1. The molecule has 132 valence electrons. The Morgan fingerprint density at radius 2 is 1.85 bits per heavy atom. The third-order valence-electron chi connectivity index (χ3n) is 3.87. The van der Waals surface area contributed by atoms with Gasteiger partial charge in [0.25, 0.3) is 5.91 Å². The van der Waals surface area contributed by atoms with Gasteiger partial charge in [-0.05, 0) is 54.6 Å². The highest BCUT2D eigenvalue weighted by Crippen LogP contribution is 2.34. The van der Waals surface area contributed by atoms with Crippen molar-refractivity contribution in [1.29, 1.82) is 0 Å². The van der Waals surface area contributed by atoms with Crippen molar-refractivity contribution in [1.82, 2.24) is 4.90 Å². The van der Waals surface area contributed by atoms with E-state index in [1.807, 2.05) is 61.5 Å². The largest absolute Gasteiger partial charge is 0.497 e. The van der Waals surface area contributed by atoms with Crippen molar-refractivity contribution in [2.75, 3.05) is 13.7 Å². The second-order valence-electron chi connectivity index (χ2n) is 5.82. The molecule has 1 aliphatic rings. The van der Waals surface area contributed by atoms with E-state index in [0.717, 1.165) is 17.0 Å². The minimum Gasteiger partial charge on any atom is -0.497 e. The molecule has 1 heterocycles. The highest BCUT2D eigenvalue weighted by molar-refractivity contribution is 8.18. The number of hydrogen-bond acceptors (Lipinski definition) is 4. The summed E-state index contributed by atoms with van der Waals surface area (Å²) in [5.41, 5.74) is 2.94. The van der Waals surface area contributed by atoms with Gasteiger partial charge in [-0.25, -0.2) is 4.99 Å². The highest BCUT2D eigenvalue weighted by Gasteiger charge is 2.32. The summed E-state index contributed by atoms with van der Waals surface area (Å²) in [6.45, 7) is 6.21. The Morgan fingerprint density at radius 1 is 1.15 bits per heavy atom. The fraction of sp³-hybridized carbons (Fsp3) is 0.143. The van der Waals surface area contributed by atoms with Gasteiger partial charge in [0, 0.05) is 6.54 Å². The van der Waals surface area contributed by atoms with Gasteiger partial charge in [-0.15, -0.1) is 6.58 Å². The Morgan fingerprint density at radius 3 is 2.46 bits per heavy atom. The van der Waals surface area contributed by atoms with E-state index in [9.17, 15) is 4.79 Å². The average molecular weight is 364 g/mol. The number of rotatable bonds is 5. The van der Waals surface area contributed by atoms with E-state index in [4.69, 9.17) is 4.74 Å². The maximum absolute atomic E-state index is 12.8. The first-order valence-corrected chi connectivity index (χ1v) is 9.04. The van der Waals surface area contributed by atoms with Gasteiger partial charge in [0.15, 0.2) is 5.17 Å². The summed E-state index contributed by atoms with van der Waals surface area (Å²) in [5.74, 6) is 0.726. The number of carbonyl (C=O) groups is 1. The van der Waals surface area contributed by atoms with Crippen LogP contribution in [0.3, 0.4) is 0 Å². The topological polar surface area (TPSA) is 41.9 Å². The van der Waals surface area contributed by atoms with Crippen LogP contribution in [0.1, 0.15) is 11.1 Å². The lowest BCUT2D eigenvalue weighted by Gasteiger charge is -2.12. The van der Waals surface area contributed by atoms with Gasteiger partial charge < -0.3 is 4.74 Å². The number of thioether (sulfide) groups is 1. The summed E-state index contributed by atoms with van der Waals surface area (Å²) < 4.78 is 5.17. The van der Waals surface area contributed by atoms with Gasteiger partial charge >= 0.3 is 0 Å². The van der Waals surface area contributed by atoms with Crippen molar-refractivity contribution in [3.05, 3.63) is 77.2 Å². The number of amides is 1. The summed E-state index contributed by atoms with van der Waals surface area (Å²) in [5, 5.41) is 0.665. The van der Waals surface area contributed by atoms with E-state index in [0.29, 0.717) is 16.6 Å². The quantitative estimate of drug-likeness (QED) is 0.566. The van der Waals surface area contributed by atoms with E-state index >= 15 is 0 Å². The molecule has 0 spiro atoms. The van der Waals surface area contributed by atoms with E-state index in [1.54, 1.807) is 18.1 Å². The molecule has 0 aromatic heterocycles. The lowest BCUT2D eigenvalue weighted by Crippen LogP contribution is -2.29. The third-order valence-corrected chi connectivity index (χ3v) is 4.88. The standard InChI is InChI=1S/C21H20N2O2S/c1-4-13-23-20(24)19(14-16-7-11-18(25-3)12-8-16)26-21(23)22-17-9-5-15(2)6-10-17/h4-12,14H,1,13H2,2-3H3. The Kier molecular flexibility index (Phi) is 5.58. The molecule has 1 amide bonds. The van der Waals surface area contributed by atoms with Crippen LogP contribution in [0.15, 0.2) is 71.1 Å². The molecule has 1 aliphatic heterocycles. The van der Waals surface area contributed by atoms with Gasteiger partial charge in [-0.2, -0.15) is 0 Å². The number of methoxy groups -OCH3 is 1. The van der Waals surface area contributed by atoms with Crippen LogP contribution in [-0.2, 0) is 4.79 Å². The molecule has 0 unspecified atom stereocenters. The van der Waals surface area contributed by atoms with Crippen molar-refractivity contribution < 1.29 is 9.53 Å². The van der Waals surface area contributed by atoms with Crippen molar-refractivity contribution >= 4 is 34.6 Å². The summed E-state index contributed by atoms with van der Waals surface area (Å²) in [6.07, 6.45) is 3.58. The molecule has 1 saturated heterocycles. The zero-order chi connectivity index (χ0) is 18.5. The van der Waals surface area contributed by atoms with Gasteiger partial charge in [-0.1, -0.05) is 35.9 Å². The Labute approximate surface area is 157 Å². The maximum atomic E-state index is 12.8. The normalized spacial score (nSPS) is 17.2. The van der Waals surface area contributed by atoms with Gasteiger partial charge in [0.1, 0.15) is 5.75 Å². The zero-order valence-electron chi connectivity index (χ0n) is 14.8.